The number of furan rings is 1. The molecule has 9 heteroatoms. The van der Waals surface area contributed by atoms with Gasteiger partial charge >= 0.3 is 6.18 Å². The van der Waals surface area contributed by atoms with Crippen LogP contribution in [0.3, 0.4) is 0 Å². The highest BCUT2D eigenvalue weighted by Crippen LogP contribution is 2.31. The van der Waals surface area contributed by atoms with Gasteiger partial charge in [-0.25, -0.2) is 8.42 Å². The maximum Gasteiger partial charge on any atom is 0.416 e. The number of nitriles is 1. The van der Waals surface area contributed by atoms with Crippen molar-refractivity contribution in [3.63, 3.8) is 0 Å². The normalized spacial score (nSPS) is 11.8. The Labute approximate surface area is 159 Å². The maximum atomic E-state index is 12.7. The first kappa shape index (κ1) is 19.5. The van der Waals surface area contributed by atoms with Crippen LogP contribution in [0.1, 0.15) is 16.9 Å². The van der Waals surface area contributed by atoms with E-state index in [1.165, 1.54) is 12.1 Å². The molecular formula is C19H13F3N2O3S. The first-order chi connectivity index (χ1) is 13.1. The zero-order valence-corrected chi connectivity index (χ0v) is 15.2. The largest absolute Gasteiger partial charge is 0.446 e. The number of halogens is 3. The Hall–Kier alpha value is -3.25. The number of nitrogens with one attached hydrogen (secondary N) is 1. The number of hydrogen-bond donors (Lipinski definition) is 1. The summed E-state index contributed by atoms with van der Waals surface area (Å²) in [6.07, 6.45) is -4.55. The molecule has 0 saturated heterocycles. The Bertz CT molecular complexity index is 1160. The monoisotopic (exact) mass is 406 g/mol. The number of nitrogens with zero attached hydrogens (tertiary/aromatic N) is 1. The lowest BCUT2D eigenvalue weighted by Gasteiger charge is -2.13. The van der Waals surface area contributed by atoms with Crippen molar-refractivity contribution >= 4 is 15.7 Å². The predicted octanol–water partition coefficient (Wildman–Crippen LogP) is 4.95. The van der Waals surface area contributed by atoms with E-state index in [0.717, 1.165) is 12.1 Å². The minimum absolute atomic E-state index is 0.113. The molecule has 0 fully saturated rings. The molecule has 0 aliphatic rings. The van der Waals surface area contributed by atoms with Gasteiger partial charge in [0.25, 0.3) is 10.0 Å². The summed E-state index contributed by atoms with van der Waals surface area (Å²) < 4.78 is 70.8. The van der Waals surface area contributed by atoms with Crippen molar-refractivity contribution in [2.45, 2.75) is 18.0 Å². The second-order valence-electron chi connectivity index (χ2n) is 5.93. The highest BCUT2D eigenvalue weighted by atomic mass is 32.2. The molecule has 0 saturated carbocycles. The molecule has 3 rings (SSSR count). The van der Waals surface area contributed by atoms with E-state index in [-0.39, 0.29) is 16.3 Å². The number of benzene rings is 2. The molecule has 0 unspecified atom stereocenters. The van der Waals surface area contributed by atoms with Gasteiger partial charge in [0, 0.05) is 5.56 Å². The lowest BCUT2D eigenvalue weighted by Crippen LogP contribution is -2.14. The van der Waals surface area contributed by atoms with Crippen molar-refractivity contribution in [3.05, 3.63) is 71.5 Å². The van der Waals surface area contributed by atoms with Crippen molar-refractivity contribution in [2.24, 2.45) is 0 Å². The summed E-state index contributed by atoms with van der Waals surface area (Å²) in [5.74, 6) is 0.494. The number of hydrogen-bond acceptors (Lipinski definition) is 4. The average molecular weight is 406 g/mol. The number of rotatable bonds is 4. The van der Waals surface area contributed by atoms with Gasteiger partial charge in [0.2, 0.25) is 5.76 Å². The fourth-order valence-electron chi connectivity index (χ4n) is 2.47. The third-order valence-corrected chi connectivity index (χ3v) is 5.36. The zero-order valence-electron chi connectivity index (χ0n) is 14.4. The van der Waals surface area contributed by atoms with Crippen molar-refractivity contribution in [1.29, 1.82) is 5.26 Å². The number of anilines is 1. The van der Waals surface area contributed by atoms with Gasteiger partial charge in [-0.3, -0.25) is 4.72 Å². The molecule has 1 heterocycles. The average Bonchev–Trinajstić information content (AvgIpc) is 3.12. The van der Waals surface area contributed by atoms with Gasteiger partial charge in [-0.15, -0.1) is 0 Å². The van der Waals surface area contributed by atoms with E-state index >= 15 is 0 Å². The fraction of sp³-hybridized carbons (Fsp3) is 0.105. The summed E-state index contributed by atoms with van der Waals surface area (Å²) in [4.78, 5) is -0.296. The maximum absolute atomic E-state index is 12.7. The molecule has 5 nitrogen and oxygen atoms in total. The van der Waals surface area contributed by atoms with E-state index in [9.17, 15) is 21.6 Å². The van der Waals surface area contributed by atoms with Crippen LogP contribution in [0, 0.1) is 18.3 Å². The highest BCUT2D eigenvalue weighted by molar-refractivity contribution is 7.92. The van der Waals surface area contributed by atoms with Crippen LogP contribution in [-0.4, -0.2) is 8.42 Å². The number of sulfonamides is 1. The van der Waals surface area contributed by atoms with Gasteiger partial charge in [-0.1, -0.05) is 12.1 Å². The van der Waals surface area contributed by atoms with Crippen molar-refractivity contribution in [3.8, 4) is 17.4 Å². The van der Waals surface area contributed by atoms with Gasteiger partial charge in [0.15, 0.2) is 0 Å². The van der Waals surface area contributed by atoms with Crippen LogP contribution < -0.4 is 4.72 Å². The van der Waals surface area contributed by atoms with Gasteiger partial charge in [-0.05, 0) is 55.0 Å². The van der Waals surface area contributed by atoms with Crippen LogP contribution in [0.5, 0.6) is 0 Å². The molecule has 28 heavy (non-hydrogen) atoms. The standard InChI is InChI=1S/C19H13F3N2O3S/c1-12-2-3-13(18-9-6-15(11-23)27-18)10-17(12)24-28(25,26)16-7-4-14(5-8-16)19(20,21)22/h2-10,24H,1H3. The molecule has 1 N–H and O–H groups in total. The van der Waals surface area contributed by atoms with E-state index in [4.69, 9.17) is 9.68 Å². The second kappa shape index (κ2) is 7.05. The second-order valence-corrected chi connectivity index (χ2v) is 7.62. The molecule has 0 aliphatic heterocycles. The SMILES string of the molecule is Cc1ccc(-c2ccc(C#N)o2)cc1NS(=O)(=O)c1ccc(C(F)(F)F)cc1. The van der Waals surface area contributed by atoms with Crippen LogP contribution in [0.2, 0.25) is 0 Å². The third-order valence-electron chi connectivity index (χ3n) is 3.97. The van der Waals surface area contributed by atoms with Crippen molar-refractivity contribution < 1.29 is 26.0 Å². The molecule has 0 bridgehead atoms. The smallest absolute Gasteiger partial charge is 0.416 e. The van der Waals surface area contributed by atoms with Gasteiger partial charge in [0.05, 0.1) is 16.1 Å². The molecule has 1 aromatic heterocycles. The fourth-order valence-corrected chi connectivity index (χ4v) is 3.59. The summed E-state index contributed by atoms with van der Waals surface area (Å²) in [6, 6.07) is 13.0. The molecular weight excluding hydrogens is 393 g/mol. The van der Waals surface area contributed by atoms with Crippen molar-refractivity contribution in [1.82, 2.24) is 0 Å². The van der Waals surface area contributed by atoms with Crippen molar-refractivity contribution in [2.75, 3.05) is 4.72 Å². The van der Waals surface area contributed by atoms with E-state index in [1.807, 2.05) is 6.07 Å². The molecule has 0 spiro atoms. The van der Waals surface area contributed by atoms with Crippen LogP contribution in [0.25, 0.3) is 11.3 Å². The minimum atomic E-state index is -4.55. The quantitative estimate of drug-likeness (QED) is 0.665. The molecule has 0 amide bonds. The minimum Gasteiger partial charge on any atom is -0.446 e. The Morgan fingerprint density at radius 3 is 2.29 bits per heavy atom. The van der Waals surface area contributed by atoms with Gasteiger partial charge < -0.3 is 4.42 Å². The number of alkyl halides is 3. The summed E-state index contributed by atoms with van der Waals surface area (Å²) in [5.41, 5.74) is 0.451. The van der Waals surface area contributed by atoms with Crippen LogP contribution in [-0.2, 0) is 16.2 Å². The van der Waals surface area contributed by atoms with E-state index in [1.54, 1.807) is 25.1 Å². The zero-order chi connectivity index (χ0) is 20.5. The molecule has 2 aromatic carbocycles. The van der Waals surface area contributed by atoms with Crippen LogP contribution >= 0.6 is 0 Å². The molecule has 144 valence electrons. The lowest BCUT2D eigenvalue weighted by molar-refractivity contribution is -0.137. The topological polar surface area (TPSA) is 83.1 Å². The third kappa shape index (κ3) is 4.02. The highest BCUT2D eigenvalue weighted by Gasteiger charge is 2.30. The van der Waals surface area contributed by atoms with Crippen LogP contribution in [0.4, 0.5) is 18.9 Å². The van der Waals surface area contributed by atoms with E-state index in [0.29, 0.717) is 29.0 Å². The number of aryl methyl sites for hydroxylation is 1. The Balaban J connectivity index is 1.92. The Kier molecular flexibility index (Phi) is 4.91. The lowest BCUT2D eigenvalue weighted by atomic mass is 10.1. The molecule has 0 aliphatic carbocycles. The Morgan fingerprint density at radius 1 is 1.04 bits per heavy atom. The molecule has 3 aromatic rings. The van der Waals surface area contributed by atoms with Gasteiger partial charge in [0.1, 0.15) is 11.8 Å². The first-order valence-electron chi connectivity index (χ1n) is 7.91. The first-order valence-corrected chi connectivity index (χ1v) is 9.39. The van der Waals surface area contributed by atoms with E-state index < -0.39 is 21.8 Å². The summed E-state index contributed by atoms with van der Waals surface area (Å²) >= 11 is 0. The summed E-state index contributed by atoms with van der Waals surface area (Å²) in [6.45, 7) is 1.68. The van der Waals surface area contributed by atoms with Gasteiger partial charge in [-0.2, -0.15) is 18.4 Å². The summed E-state index contributed by atoms with van der Waals surface area (Å²) in [5, 5.41) is 8.84. The Morgan fingerprint density at radius 2 is 1.71 bits per heavy atom. The van der Waals surface area contributed by atoms with Crippen LogP contribution in [0.15, 0.2) is 63.9 Å². The predicted molar refractivity (Wildman–Crippen MR) is 95.8 cm³/mol. The molecule has 0 radical (unpaired) electrons. The van der Waals surface area contributed by atoms with E-state index in [2.05, 4.69) is 4.72 Å². The summed E-state index contributed by atoms with van der Waals surface area (Å²) in [7, 11) is -4.10. The molecule has 0 atom stereocenters.